The Kier molecular flexibility index (Phi) is 5.99. The maximum atomic E-state index is 13.7. The van der Waals surface area contributed by atoms with Crippen LogP contribution in [0.4, 0.5) is 5.69 Å². The van der Waals surface area contributed by atoms with Crippen molar-refractivity contribution in [3.63, 3.8) is 0 Å². The summed E-state index contributed by atoms with van der Waals surface area (Å²) in [5.74, 6) is 2.08. The van der Waals surface area contributed by atoms with Gasteiger partial charge in [0.25, 0.3) is 5.56 Å². The summed E-state index contributed by atoms with van der Waals surface area (Å²) in [5, 5.41) is 14.0. The fraction of sp³-hybridized carbons (Fsp3) is 0.448. The Bertz CT molecular complexity index is 1580. The molecular formula is C29H33N7O3. The number of anilines is 1. The molecule has 3 aliphatic rings. The lowest BCUT2D eigenvalue weighted by Gasteiger charge is -2.40. The number of aromatic nitrogens is 5. The van der Waals surface area contributed by atoms with Gasteiger partial charge in [0.05, 0.1) is 11.6 Å². The van der Waals surface area contributed by atoms with E-state index in [1.54, 1.807) is 0 Å². The summed E-state index contributed by atoms with van der Waals surface area (Å²) in [6.07, 6.45) is 4.46. The molecule has 202 valence electrons. The van der Waals surface area contributed by atoms with Crippen molar-refractivity contribution >= 4 is 16.6 Å². The van der Waals surface area contributed by atoms with E-state index in [4.69, 9.17) is 9.47 Å². The Morgan fingerprint density at radius 2 is 1.74 bits per heavy atom. The van der Waals surface area contributed by atoms with Crippen LogP contribution in [0.25, 0.3) is 10.9 Å². The zero-order valence-electron chi connectivity index (χ0n) is 22.4. The van der Waals surface area contributed by atoms with Gasteiger partial charge in [0.15, 0.2) is 17.3 Å². The van der Waals surface area contributed by atoms with Crippen LogP contribution in [0.3, 0.4) is 0 Å². The summed E-state index contributed by atoms with van der Waals surface area (Å²) in [5.41, 5.74) is 5.05. The number of piperazine rings is 1. The number of aryl methyl sites for hydroxylation is 2. The molecule has 4 heterocycles. The molecule has 1 atom stereocenters. The van der Waals surface area contributed by atoms with E-state index in [2.05, 4.69) is 62.4 Å². The lowest BCUT2D eigenvalue weighted by Crippen LogP contribution is -2.49. The number of tetrazole rings is 1. The van der Waals surface area contributed by atoms with Gasteiger partial charge < -0.3 is 19.4 Å². The average Bonchev–Trinajstić information content (AvgIpc) is 3.72. The Hall–Kier alpha value is -3.92. The third-order valence-corrected chi connectivity index (χ3v) is 8.48. The normalized spacial score (nSPS) is 18.8. The predicted molar refractivity (Wildman–Crippen MR) is 148 cm³/mol. The van der Waals surface area contributed by atoms with Crippen molar-refractivity contribution in [1.29, 1.82) is 0 Å². The Morgan fingerprint density at radius 3 is 2.54 bits per heavy atom. The molecule has 1 saturated carbocycles. The molecule has 4 aromatic rings. The van der Waals surface area contributed by atoms with Crippen LogP contribution in [0.1, 0.15) is 60.3 Å². The van der Waals surface area contributed by atoms with Crippen LogP contribution in [0.5, 0.6) is 11.5 Å². The molecular weight excluding hydrogens is 494 g/mol. The molecule has 1 aliphatic carbocycles. The number of hydrogen-bond donors (Lipinski definition) is 1. The van der Waals surface area contributed by atoms with Crippen molar-refractivity contribution in [1.82, 2.24) is 30.1 Å². The van der Waals surface area contributed by atoms with Gasteiger partial charge in [-0.15, -0.1) is 5.10 Å². The number of aromatic amines is 1. The van der Waals surface area contributed by atoms with E-state index < -0.39 is 0 Å². The summed E-state index contributed by atoms with van der Waals surface area (Å²) in [6.45, 7) is 7.77. The van der Waals surface area contributed by atoms with E-state index >= 15 is 0 Å². The van der Waals surface area contributed by atoms with Crippen LogP contribution >= 0.6 is 0 Å². The highest BCUT2D eigenvalue weighted by Crippen LogP contribution is 2.38. The number of H-pyrrole nitrogens is 1. The number of rotatable bonds is 5. The van der Waals surface area contributed by atoms with Crippen molar-refractivity contribution in [3.8, 4) is 11.5 Å². The Labute approximate surface area is 226 Å². The second-order valence-corrected chi connectivity index (χ2v) is 11.0. The zero-order valence-corrected chi connectivity index (χ0v) is 22.4. The molecule has 2 aliphatic heterocycles. The first-order chi connectivity index (χ1) is 19.0. The van der Waals surface area contributed by atoms with E-state index in [-0.39, 0.29) is 24.4 Å². The minimum Gasteiger partial charge on any atom is -0.454 e. The van der Waals surface area contributed by atoms with Crippen LogP contribution in [-0.4, -0.2) is 63.1 Å². The number of fused-ring (bicyclic) bond motifs is 2. The fourth-order valence-corrected chi connectivity index (χ4v) is 6.39. The predicted octanol–water partition coefficient (Wildman–Crippen LogP) is 3.89. The molecule has 7 rings (SSSR count). The van der Waals surface area contributed by atoms with Crippen molar-refractivity contribution in [2.75, 3.05) is 37.9 Å². The fourth-order valence-electron chi connectivity index (χ4n) is 6.39. The largest absolute Gasteiger partial charge is 0.454 e. The van der Waals surface area contributed by atoms with Crippen molar-refractivity contribution in [2.24, 2.45) is 0 Å². The van der Waals surface area contributed by atoms with Crippen LogP contribution in [0.2, 0.25) is 0 Å². The van der Waals surface area contributed by atoms with Crippen molar-refractivity contribution in [2.45, 2.75) is 51.6 Å². The Balaban J connectivity index is 1.28. The van der Waals surface area contributed by atoms with Gasteiger partial charge in [0.1, 0.15) is 6.04 Å². The number of pyridine rings is 1. The van der Waals surface area contributed by atoms with E-state index in [0.29, 0.717) is 17.1 Å². The van der Waals surface area contributed by atoms with Crippen LogP contribution < -0.4 is 19.9 Å². The highest BCUT2D eigenvalue weighted by atomic mass is 16.7. The Morgan fingerprint density at radius 1 is 0.974 bits per heavy atom. The number of nitrogens with one attached hydrogen (secondary N) is 1. The standard InChI is InChI=1S/C29H33N7O3/c1-18-7-8-19(2)24(13-18)34-9-11-35(12-10-34)27(28-31-32-33-36(28)21-5-3-4-6-21)22-14-20-15-25-26(39-17-38-25)16-23(20)30-29(22)37/h7-8,13-16,21,27H,3-6,9-12,17H2,1-2H3,(H,30,37). The third-order valence-electron chi connectivity index (χ3n) is 8.48. The first-order valence-corrected chi connectivity index (χ1v) is 13.9. The molecule has 2 aromatic carbocycles. The van der Waals surface area contributed by atoms with Crippen LogP contribution in [0, 0.1) is 13.8 Å². The molecule has 1 saturated heterocycles. The second-order valence-electron chi connectivity index (χ2n) is 11.0. The van der Waals surface area contributed by atoms with Crippen molar-refractivity contribution < 1.29 is 9.47 Å². The van der Waals surface area contributed by atoms with Gasteiger partial charge in [0.2, 0.25) is 6.79 Å². The summed E-state index contributed by atoms with van der Waals surface area (Å²) >= 11 is 0. The number of benzene rings is 2. The second kappa shape index (κ2) is 9.68. The topological polar surface area (TPSA) is 101 Å². The first-order valence-electron chi connectivity index (χ1n) is 13.9. The smallest absolute Gasteiger partial charge is 0.253 e. The molecule has 0 radical (unpaired) electrons. The summed E-state index contributed by atoms with van der Waals surface area (Å²) in [4.78, 5) is 21.6. The number of nitrogens with zero attached hydrogens (tertiary/aromatic N) is 6. The molecule has 0 amide bonds. The molecule has 10 heteroatoms. The molecule has 39 heavy (non-hydrogen) atoms. The third kappa shape index (κ3) is 4.32. The van der Waals surface area contributed by atoms with Gasteiger partial charge in [-0.2, -0.15) is 0 Å². The maximum Gasteiger partial charge on any atom is 0.253 e. The minimum absolute atomic E-state index is 0.135. The monoisotopic (exact) mass is 527 g/mol. The van der Waals surface area contributed by atoms with Crippen molar-refractivity contribution in [3.05, 3.63) is 69.3 Å². The van der Waals surface area contributed by atoms with Gasteiger partial charge >= 0.3 is 0 Å². The van der Waals surface area contributed by atoms with Gasteiger partial charge in [-0.3, -0.25) is 9.69 Å². The zero-order chi connectivity index (χ0) is 26.5. The summed E-state index contributed by atoms with van der Waals surface area (Å²) < 4.78 is 13.1. The molecule has 2 fully saturated rings. The average molecular weight is 528 g/mol. The minimum atomic E-state index is -0.361. The lowest BCUT2D eigenvalue weighted by molar-refractivity contribution is 0.174. The molecule has 1 unspecified atom stereocenters. The number of ether oxygens (including phenoxy) is 2. The van der Waals surface area contributed by atoms with E-state index in [9.17, 15) is 4.79 Å². The lowest BCUT2D eigenvalue weighted by atomic mass is 10.0. The molecule has 10 nitrogen and oxygen atoms in total. The first kappa shape index (κ1) is 24.1. The van der Waals surface area contributed by atoms with E-state index in [1.165, 1.54) is 29.7 Å². The molecule has 0 bridgehead atoms. The summed E-state index contributed by atoms with van der Waals surface area (Å²) in [6, 6.07) is 12.3. The van der Waals surface area contributed by atoms with Gasteiger partial charge in [-0.1, -0.05) is 25.0 Å². The molecule has 1 N–H and O–H groups in total. The maximum absolute atomic E-state index is 13.7. The van der Waals surface area contributed by atoms with Crippen LogP contribution in [0.15, 0.2) is 41.2 Å². The number of hydrogen-bond acceptors (Lipinski definition) is 8. The van der Waals surface area contributed by atoms with Crippen LogP contribution in [-0.2, 0) is 0 Å². The molecule has 0 spiro atoms. The molecule has 2 aromatic heterocycles. The van der Waals surface area contributed by atoms with Gasteiger partial charge in [-0.05, 0) is 66.4 Å². The van der Waals surface area contributed by atoms with Gasteiger partial charge in [0, 0.05) is 48.9 Å². The quantitative estimate of drug-likeness (QED) is 0.417. The summed E-state index contributed by atoms with van der Waals surface area (Å²) in [7, 11) is 0. The van der Waals surface area contributed by atoms with E-state index in [0.717, 1.165) is 55.7 Å². The highest BCUT2D eigenvalue weighted by Gasteiger charge is 2.35. The SMILES string of the molecule is Cc1ccc(C)c(N2CCN(C(c3cc4cc5c(cc4[nH]c3=O)OCO5)c3nnnn3C3CCCC3)CC2)c1. The van der Waals surface area contributed by atoms with E-state index in [1.807, 2.05) is 22.9 Å². The van der Waals surface area contributed by atoms with Gasteiger partial charge in [-0.25, -0.2) is 4.68 Å². The highest BCUT2D eigenvalue weighted by molar-refractivity contribution is 5.83.